The third kappa shape index (κ3) is 5.07. The first-order chi connectivity index (χ1) is 8.52. The van der Waals surface area contributed by atoms with Crippen molar-refractivity contribution in [1.82, 2.24) is 10.6 Å². The zero-order valence-electron chi connectivity index (χ0n) is 11.2. The molecule has 1 aromatic carbocycles. The van der Waals surface area contributed by atoms with E-state index in [0.717, 1.165) is 17.0 Å². The quantitative estimate of drug-likeness (QED) is 0.833. The molecule has 2 atom stereocenters. The molecule has 0 fully saturated rings. The number of hydrogen-bond donors (Lipinski definition) is 2. The highest BCUT2D eigenvalue weighted by Crippen LogP contribution is 2.09. The van der Waals surface area contributed by atoms with Crippen LogP contribution in [0.4, 0.5) is 0 Å². The van der Waals surface area contributed by atoms with Crippen molar-refractivity contribution in [2.75, 3.05) is 0 Å². The van der Waals surface area contributed by atoms with Crippen LogP contribution in [-0.4, -0.2) is 18.0 Å². The van der Waals surface area contributed by atoms with Crippen molar-refractivity contribution in [3.8, 4) is 0 Å². The van der Waals surface area contributed by atoms with Crippen LogP contribution in [0.3, 0.4) is 0 Å². The van der Waals surface area contributed by atoms with Crippen LogP contribution in [0, 0.1) is 0 Å². The fraction of sp³-hybridized carbons (Fsp3) is 0.500. The van der Waals surface area contributed by atoms with Crippen molar-refractivity contribution in [3.05, 3.63) is 34.9 Å². The Kier molecular flexibility index (Phi) is 6.16. The Morgan fingerprint density at radius 3 is 2.44 bits per heavy atom. The van der Waals surface area contributed by atoms with Crippen molar-refractivity contribution < 1.29 is 4.79 Å². The van der Waals surface area contributed by atoms with E-state index in [1.165, 1.54) is 0 Å². The molecule has 0 saturated carbocycles. The van der Waals surface area contributed by atoms with E-state index in [0.29, 0.717) is 6.54 Å². The number of hydrogen-bond acceptors (Lipinski definition) is 2. The van der Waals surface area contributed by atoms with E-state index in [4.69, 9.17) is 11.6 Å². The Morgan fingerprint density at radius 2 is 1.89 bits per heavy atom. The molecule has 1 rings (SSSR count). The first-order valence-electron chi connectivity index (χ1n) is 6.31. The maximum absolute atomic E-state index is 11.8. The zero-order valence-corrected chi connectivity index (χ0v) is 11.9. The summed E-state index contributed by atoms with van der Waals surface area (Å²) < 4.78 is 0. The molecule has 3 nitrogen and oxygen atoms in total. The summed E-state index contributed by atoms with van der Waals surface area (Å²) in [6.07, 6.45) is 0.940. The monoisotopic (exact) mass is 268 g/mol. The minimum absolute atomic E-state index is 0.0401. The predicted octanol–water partition coefficient (Wildman–Crippen LogP) is 2.73. The highest BCUT2D eigenvalue weighted by molar-refractivity contribution is 6.30. The van der Waals surface area contributed by atoms with Gasteiger partial charge in [0.25, 0.3) is 0 Å². The lowest BCUT2D eigenvalue weighted by Gasteiger charge is -2.17. The summed E-state index contributed by atoms with van der Waals surface area (Å²) in [4.78, 5) is 11.8. The number of nitrogens with one attached hydrogen (secondary N) is 2. The molecule has 0 aliphatic rings. The lowest BCUT2D eigenvalue weighted by atomic mass is 10.2. The minimum Gasteiger partial charge on any atom is -0.352 e. The van der Waals surface area contributed by atoms with Gasteiger partial charge in [-0.15, -0.1) is 0 Å². The summed E-state index contributed by atoms with van der Waals surface area (Å²) in [5.41, 5.74) is 1.11. The zero-order chi connectivity index (χ0) is 13.5. The van der Waals surface area contributed by atoms with Crippen molar-refractivity contribution in [3.63, 3.8) is 0 Å². The van der Waals surface area contributed by atoms with Crippen molar-refractivity contribution in [2.24, 2.45) is 0 Å². The van der Waals surface area contributed by atoms with E-state index in [9.17, 15) is 4.79 Å². The molecule has 100 valence electrons. The average molecular weight is 269 g/mol. The number of amides is 1. The smallest absolute Gasteiger partial charge is 0.237 e. The molecule has 0 aliphatic carbocycles. The molecule has 0 bridgehead atoms. The molecule has 2 unspecified atom stereocenters. The van der Waals surface area contributed by atoms with Gasteiger partial charge in [-0.3, -0.25) is 4.79 Å². The van der Waals surface area contributed by atoms with Gasteiger partial charge in [-0.05, 0) is 38.0 Å². The summed E-state index contributed by atoms with van der Waals surface area (Å²) in [5, 5.41) is 6.87. The Morgan fingerprint density at radius 1 is 1.28 bits per heavy atom. The van der Waals surface area contributed by atoms with Crippen molar-refractivity contribution >= 4 is 17.5 Å². The minimum atomic E-state index is -0.199. The molecular formula is C14H21ClN2O. The maximum atomic E-state index is 11.8. The van der Waals surface area contributed by atoms with E-state index < -0.39 is 0 Å². The molecule has 18 heavy (non-hydrogen) atoms. The second kappa shape index (κ2) is 7.39. The molecule has 0 aliphatic heterocycles. The van der Waals surface area contributed by atoms with Gasteiger partial charge in [-0.2, -0.15) is 0 Å². The first-order valence-corrected chi connectivity index (χ1v) is 6.69. The van der Waals surface area contributed by atoms with Crippen LogP contribution in [0.15, 0.2) is 24.3 Å². The maximum Gasteiger partial charge on any atom is 0.237 e. The Labute approximate surface area is 114 Å². The molecule has 2 N–H and O–H groups in total. The van der Waals surface area contributed by atoms with E-state index in [2.05, 4.69) is 17.6 Å². The summed E-state index contributed by atoms with van der Waals surface area (Å²) in [7, 11) is 0. The molecule has 1 amide bonds. The Balaban J connectivity index is 2.38. The number of halogens is 1. The fourth-order valence-electron chi connectivity index (χ4n) is 1.44. The summed E-state index contributed by atoms with van der Waals surface area (Å²) in [6.45, 7) is 6.58. The molecule has 0 saturated heterocycles. The number of carbonyl (C=O) groups excluding carboxylic acids is 1. The number of carbonyl (C=O) groups is 1. The molecule has 4 heteroatoms. The number of rotatable bonds is 6. The summed E-state index contributed by atoms with van der Waals surface area (Å²) in [6, 6.07) is 7.63. The van der Waals surface area contributed by atoms with E-state index in [1.54, 1.807) is 0 Å². The van der Waals surface area contributed by atoms with Crippen molar-refractivity contribution in [1.29, 1.82) is 0 Å². The van der Waals surface area contributed by atoms with Gasteiger partial charge < -0.3 is 10.6 Å². The highest BCUT2D eigenvalue weighted by atomic mass is 35.5. The molecule has 1 aromatic rings. The second-order valence-electron chi connectivity index (χ2n) is 4.55. The van der Waals surface area contributed by atoms with Crippen LogP contribution in [-0.2, 0) is 11.3 Å². The van der Waals surface area contributed by atoms with Gasteiger partial charge in [0.1, 0.15) is 0 Å². The fourth-order valence-corrected chi connectivity index (χ4v) is 1.56. The van der Waals surface area contributed by atoms with Crippen LogP contribution in [0.25, 0.3) is 0 Å². The van der Waals surface area contributed by atoms with Crippen molar-refractivity contribution in [2.45, 2.75) is 45.8 Å². The normalized spacial score (nSPS) is 14.0. The lowest BCUT2D eigenvalue weighted by molar-refractivity contribution is -0.123. The van der Waals surface area contributed by atoms with Gasteiger partial charge in [-0.25, -0.2) is 0 Å². The van der Waals surface area contributed by atoms with Gasteiger partial charge in [0, 0.05) is 17.6 Å². The topological polar surface area (TPSA) is 41.1 Å². The molecular weight excluding hydrogens is 248 g/mol. The van der Waals surface area contributed by atoms with Crippen LogP contribution >= 0.6 is 11.6 Å². The Bertz CT molecular complexity index is 378. The van der Waals surface area contributed by atoms with Gasteiger partial charge >= 0.3 is 0 Å². The average Bonchev–Trinajstić information content (AvgIpc) is 2.37. The van der Waals surface area contributed by atoms with Gasteiger partial charge in [0.15, 0.2) is 0 Å². The predicted molar refractivity (Wildman–Crippen MR) is 75.6 cm³/mol. The SMILES string of the molecule is CCC(C)NC(=O)C(C)NCc1ccc(Cl)cc1. The van der Waals surface area contributed by atoms with E-state index >= 15 is 0 Å². The van der Waals surface area contributed by atoms with Gasteiger partial charge in [-0.1, -0.05) is 30.7 Å². The van der Waals surface area contributed by atoms with Gasteiger partial charge in [0.05, 0.1) is 6.04 Å². The summed E-state index contributed by atoms with van der Waals surface area (Å²) in [5.74, 6) is 0.0401. The summed E-state index contributed by atoms with van der Waals surface area (Å²) >= 11 is 5.81. The largest absolute Gasteiger partial charge is 0.352 e. The van der Waals surface area contributed by atoms with Crippen LogP contribution < -0.4 is 10.6 Å². The standard InChI is InChI=1S/C14H21ClN2O/c1-4-10(2)17-14(18)11(3)16-9-12-5-7-13(15)8-6-12/h5-8,10-11,16H,4,9H2,1-3H3,(H,17,18). The highest BCUT2D eigenvalue weighted by Gasteiger charge is 2.13. The first kappa shape index (κ1) is 15.0. The third-order valence-electron chi connectivity index (χ3n) is 2.92. The third-order valence-corrected chi connectivity index (χ3v) is 3.17. The molecule has 0 heterocycles. The van der Waals surface area contributed by atoms with Crippen LogP contribution in [0.2, 0.25) is 5.02 Å². The van der Waals surface area contributed by atoms with Crippen LogP contribution in [0.5, 0.6) is 0 Å². The number of benzene rings is 1. The second-order valence-corrected chi connectivity index (χ2v) is 4.98. The molecule has 0 spiro atoms. The lowest BCUT2D eigenvalue weighted by Crippen LogP contribution is -2.45. The molecule has 0 radical (unpaired) electrons. The molecule has 0 aromatic heterocycles. The van der Waals surface area contributed by atoms with E-state index in [-0.39, 0.29) is 18.0 Å². The Hall–Kier alpha value is -1.06. The van der Waals surface area contributed by atoms with Gasteiger partial charge in [0.2, 0.25) is 5.91 Å². The van der Waals surface area contributed by atoms with Crippen LogP contribution in [0.1, 0.15) is 32.8 Å². The van der Waals surface area contributed by atoms with E-state index in [1.807, 2.05) is 38.1 Å².